The Hall–Kier alpha value is -2.61. The van der Waals surface area contributed by atoms with Gasteiger partial charge in [0.25, 0.3) is 5.91 Å². The van der Waals surface area contributed by atoms with Crippen LogP contribution < -0.4 is 37.8 Å². The summed E-state index contributed by atoms with van der Waals surface area (Å²) in [6.07, 6.45) is -4.08. The largest absolute Gasteiger partial charge is 1.00 e. The summed E-state index contributed by atoms with van der Waals surface area (Å²) >= 11 is 0.411. The van der Waals surface area contributed by atoms with Gasteiger partial charge in [-0.1, -0.05) is 65.9 Å². The molecule has 0 radical (unpaired) electrons. The summed E-state index contributed by atoms with van der Waals surface area (Å²) in [5, 5.41) is 9.12. The maximum absolute atomic E-state index is 13.9. The van der Waals surface area contributed by atoms with Crippen molar-refractivity contribution in [2.75, 3.05) is 11.4 Å². The van der Waals surface area contributed by atoms with Crippen LogP contribution in [0.1, 0.15) is 11.4 Å². The molecule has 10 heteroatoms. The fraction of sp³-hybridized carbons (Fsp3) is 0.160. The first kappa shape index (κ1) is 25.5. The smallest absolute Gasteiger partial charge is 0.445 e. The molecule has 0 unspecified atom stereocenters. The lowest BCUT2D eigenvalue weighted by Crippen LogP contribution is -3.00. The summed E-state index contributed by atoms with van der Waals surface area (Å²) < 4.78 is 39.4. The Morgan fingerprint density at radius 2 is 1.26 bits per heavy atom. The minimum Gasteiger partial charge on any atom is -1.00 e. The highest BCUT2D eigenvalue weighted by molar-refractivity contribution is 7.97. The monoisotopic (exact) mass is 577 g/mol. The molecule has 0 spiro atoms. The number of benzene rings is 3. The maximum atomic E-state index is 13.9. The topological polar surface area (TPSA) is 46.1 Å². The van der Waals surface area contributed by atoms with E-state index in [1.54, 1.807) is 0 Å². The molecule has 4 aromatic rings. The summed E-state index contributed by atoms with van der Waals surface area (Å²) in [6.45, 7) is 0.296. The lowest BCUT2D eigenvalue weighted by atomic mass is 10.3. The van der Waals surface area contributed by atoms with Crippen molar-refractivity contribution in [1.82, 2.24) is 10.2 Å². The van der Waals surface area contributed by atoms with Gasteiger partial charge >= 0.3 is 6.18 Å². The fourth-order valence-corrected chi connectivity index (χ4v) is 10.2. The van der Waals surface area contributed by atoms with E-state index in [4.69, 9.17) is 0 Å². The van der Waals surface area contributed by atoms with Crippen molar-refractivity contribution in [2.45, 2.75) is 18.3 Å². The molecule has 1 aliphatic heterocycles. The van der Waals surface area contributed by atoms with Crippen molar-refractivity contribution in [2.24, 2.45) is 0 Å². The number of halogens is 4. The number of amides is 1. The molecule has 180 valence electrons. The van der Waals surface area contributed by atoms with Crippen LogP contribution in [0.25, 0.3) is 0 Å². The van der Waals surface area contributed by atoms with E-state index in [0.29, 0.717) is 24.3 Å². The highest BCUT2D eigenvalue weighted by Gasteiger charge is 2.59. The Morgan fingerprint density at radius 1 is 0.800 bits per heavy atom. The molecular formula is C25H20BrF3N3OPS. The zero-order chi connectivity index (χ0) is 23.8. The van der Waals surface area contributed by atoms with E-state index in [9.17, 15) is 18.0 Å². The second-order valence-electron chi connectivity index (χ2n) is 7.91. The van der Waals surface area contributed by atoms with E-state index in [1.165, 1.54) is 4.90 Å². The van der Waals surface area contributed by atoms with Gasteiger partial charge in [0.05, 0.1) is 0 Å². The Labute approximate surface area is 215 Å². The van der Waals surface area contributed by atoms with Crippen molar-refractivity contribution >= 4 is 45.6 Å². The standard InChI is InChI=1S/C25H20F3N3OPS.BrH/c26-25(27,28)23-29-30-24(34-23)31-17-16-21(22(31)32)33(18-10-4-1-5-11-18,19-12-6-2-7-13-19)20-14-8-3-9-15-20;/h1-15,21H,16-17H2;1H/q+1;/p-1/t21-;/m1./s1. The zero-order valence-corrected chi connectivity index (χ0v) is 21.6. The van der Waals surface area contributed by atoms with E-state index < -0.39 is 24.1 Å². The van der Waals surface area contributed by atoms with Crippen LogP contribution in [0.4, 0.5) is 18.3 Å². The van der Waals surface area contributed by atoms with Gasteiger partial charge in [-0.05, 0) is 36.4 Å². The quantitative estimate of drug-likeness (QED) is 0.339. The molecule has 0 bridgehead atoms. The molecule has 1 aliphatic rings. The first-order chi connectivity index (χ1) is 16.4. The van der Waals surface area contributed by atoms with E-state index in [0.717, 1.165) is 15.9 Å². The van der Waals surface area contributed by atoms with Crippen molar-refractivity contribution in [3.8, 4) is 0 Å². The summed E-state index contributed by atoms with van der Waals surface area (Å²) in [4.78, 5) is 15.3. The third kappa shape index (κ3) is 4.53. The van der Waals surface area contributed by atoms with Crippen LogP contribution in [0.2, 0.25) is 0 Å². The number of anilines is 1. The summed E-state index contributed by atoms with van der Waals surface area (Å²) in [5.74, 6) is -0.213. The molecular weight excluding hydrogens is 558 g/mol. The molecule has 1 atom stereocenters. The van der Waals surface area contributed by atoms with Crippen molar-refractivity contribution in [3.63, 3.8) is 0 Å². The van der Waals surface area contributed by atoms with Crippen LogP contribution in [-0.4, -0.2) is 28.3 Å². The average molecular weight is 578 g/mol. The van der Waals surface area contributed by atoms with Gasteiger partial charge in [-0.3, -0.25) is 9.69 Å². The lowest BCUT2D eigenvalue weighted by Gasteiger charge is -2.31. The minimum absolute atomic E-state index is 0. The molecule has 0 saturated carbocycles. The molecule has 1 amide bonds. The Morgan fingerprint density at radius 3 is 1.66 bits per heavy atom. The highest BCUT2D eigenvalue weighted by atomic mass is 79.9. The molecule has 0 aliphatic carbocycles. The van der Waals surface area contributed by atoms with Crippen LogP contribution >= 0.6 is 18.6 Å². The molecule has 1 saturated heterocycles. The number of rotatable bonds is 5. The second-order valence-corrected chi connectivity index (χ2v) is 12.5. The third-order valence-electron chi connectivity index (χ3n) is 6.02. The second kappa shape index (κ2) is 10.2. The van der Waals surface area contributed by atoms with Gasteiger partial charge < -0.3 is 17.0 Å². The van der Waals surface area contributed by atoms with E-state index in [1.807, 2.05) is 54.6 Å². The number of nitrogens with zero attached hydrogens (tertiary/aromatic N) is 3. The van der Waals surface area contributed by atoms with Crippen LogP contribution in [-0.2, 0) is 11.0 Å². The van der Waals surface area contributed by atoms with Crippen LogP contribution in [0.5, 0.6) is 0 Å². The SMILES string of the molecule is O=C1[C@H]([P+](c2ccccc2)(c2ccccc2)c2ccccc2)CCN1c1nnc(C(F)(F)F)s1.[Br-]. The number of alkyl halides is 3. The van der Waals surface area contributed by atoms with Gasteiger partial charge in [-0.25, -0.2) is 0 Å². The van der Waals surface area contributed by atoms with Crippen molar-refractivity contribution in [1.29, 1.82) is 0 Å². The first-order valence-corrected chi connectivity index (χ1v) is 13.4. The summed E-state index contributed by atoms with van der Waals surface area (Å²) in [5.41, 5.74) is -0.432. The number of hydrogen-bond acceptors (Lipinski definition) is 4. The Kier molecular flexibility index (Phi) is 7.40. The molecule has 35 heavy (non-hydrogen) atoms. The summed E-state index contributed by atoms with van der Waals surface area (Å²) in [7, 11) is -2.50. The van der Waals surface area contributed by atoms with Crippen LogP contribution in [0.3, 0.4) is 0 Å². The maximum Gasteiger partial charge on any atom is 0.445 e. The van der Waals surface area contributed by atoms with Gasteiger partial charge in [-0.15, -0.1) is 10.2 Å². The van der Waals surface area contributed by atoms with Crippen molar-refractivity contribution < 1.29 is 34.9 Å². The predicted molar refractivity (Wildman–Crippen MR) is 131 cm³/mol. The molecule has 1 aromatic heterocycles. The number of aromatic nitrogens is 2. The average Bonchev–Trinajstić information content (AvgIpc) is 3.50. The fourth-order valence-electron chi connectivity index (χ4n) is 4.63. The van der Waals surface area contributed by atoms with Gasteiger partial charge in [0.1, 0.15) is 23.2 Å². The molecule has 0 N–H and O–H groups in total. The van der Waals surface area contributed by atoms with E-state index in [2.05, 4.69) is 46.6 Å². The van der Waals surface area contributed by atoms with Gasteiger partial charge in [-0.2, -0.15) is 13.2 Å². The molecule has 1 fully saturated rings. The zero-order valence-electron chi connectivity index (χ0n) is 18.3. The molecule has 5 rings (SSSR count). The van der Waals surface area contributed by atoms with Crippen LogP contribution in [0, 0.1) is 0 Å². The van der Waals surface area contributed by atoms with Gasteiger partial charge in [0, 0.05) is 13.0 Å². The number of carbonyl (C=O) groups is 1. The third-order valence-corrected chi connectivity index (χ3v) is 11.8. The van der Waals surface area contributed by atoms with E-state index in [-0.39, 0.29) is 28.0 Å². The Balaban J connectivity index is 0.00000289. The van der Waals surface area contributed by atoms with E-state index >= 15 is 0 Å². The normalized spacial score (nSPS) is 16.3. The number of carbonyl (C=O) groups excluding carboxylic acids is 1. The van der Waals surface area contributed by atoms with Crippen molar-refractivity contribution in [3.05, 3.63) is 96.0 Å². The summed E-state index contributed by atoms with van der Waals surface area (Å²) in [6, 6.07) is 29.9. The predicted octanol–water partition coefficient (Wildman–Crippen LogP) is 1.66. The molecule has 3 aromatic carbocycles. The Bertz CT molecular complexity index is 1190. The minimum atomic E-state index is -4.59. The molecule has 2 heterocycles. The number of hydrogen-bond donors (Lipinski definition) is 0. The van der Waals surface area contributed by atoms with Gasteiger partial charge in [0.15, 0.2) is 5.66 Å². The van der Waals surface area contributed by atoms with Crippen LogP contribution in [0.15, 0.2) is 91.0 Å². The molecule has 4 nitrogen and oxygen atoms in total. The first-order valence-electron chi connectivity index (χ1n) is 10.7. The highest BCUT2D eigenvalue weighted by Crippen LogP contribution is 2.62. The van der Waals surface area contributed by atoms with Gasteiger partial charge in [0.2, 0.25) is 10.1 Å². The lowest BCUT2D eigenvalue weighted by molar-refractivity contribution is -0.138.